The molecule has 2 rings (SSSR count). The number of hydrogen-bond acceptors (Lipinski definition) is 2. The van der Waals surface area contributed by atoms with E-state index < -0.39 is 0 Å². The van der Waals surface area contributed by atoms with Gasteiger partial charge in [-0.05, 0) is 19.1 Å². The van der Waals surface area contributed by atoms with E-state index in [0.717, 1.165) is 11.3 Å². The number of aliphatic hydroxyl groups is 1. The molecule has 0 aliphatic rings. The summed E-state index contributed by atoms with van der Waals surface area (Å²) in [5.74, 6) is -0.205. The average molecular weight is 259 g/mol. The van der Waals surface area contributed by atoms with Gasteiger partial charge in [0.15, 0.2) is 0 Å². The van der Waals surface area contributed by atoms with Crippen LogP contribution in [0.25, 0.3) is 0 Å². The van der Waals surface area contributed by atoms with E-state index in [-0.39, 0.29) is 18.5 Å². The summed E-state index contributed by atoms with van der Waals surface area (Å²) in [5.41, 5.74) is 2.41. The van der Waals surface area contributed by atoms with Gasteiger partial charge in [-0.1, -0.05) is 36.4 Å². The zero-order valence-corrected chi connectivity index (χ0v) is 11.2. The number of benzene rings is 2. The number of rotatable bonds is 4. The SMILES string of the molecule is CC(c1ccccc1F)N(C)c1ccccc1CO. The first-order valence-corrected chi connectivity index (χ1v) is 6.31. The number of nitrogens with zero attached hydrogens (tertiary/aromatic N) is 1. The Balaban J connectivity index is 2.34. The van der Waals surface area contributed by atoms with E-state index in [1.54, 1.807) is 12.1 Å². The molecule has 0 spiro atoms. The van der Waals surface area contributed by atoms with Gasteiger partial charge in [0.25, 0.3) is 0 Å². The second-order valence-corrected chi connectivity index (χ2v) is 4.60. The highest BCUT2D eigenvalue weighted by Gasteiger charge is 2.17. The standard InChI is InChI=1S/C16H18FNO/c1-12(14-8-4-5-9-15(14)17)18(2)16-10-6-3-7-13(16)11-19/h3-10,12,19H,11H2,1-2H3. The first-order chi connectivity index (χ1) is 9.15. The van der Waals surface area contributed by atoms with E-state index in [4.69, 9.17) is 0 Å². The predicted octanol–water partition coefficient (Wildman–Crippen LogP) is 3.52. The van der Waals surface area contributed by atoms with E-state index in [2.05, 4.69) is 0 Å². The van der Waals surface area contributed by atoms with Crippen molar-refractivity contribution in [1.82, 2.24) is 0 Å². The minimum absolute atomic E-state index is 0.0233. The van der Waals surface area contributed by atoms with E-state index in [9.17, 15) is 9.50 Å². The van der Waals surface area contributed by atoms with Crippen molar-refractivity contribution in [1.29, 1.82) is 0 Å². The maximum absolute atomic E-state index is 13.8. The molecule has 1 N–H and O–H groups in total. The van der Waals surface area contributed by atoms with Gasteiger partial charge in [-0.25, -0.2) is 4.39 Å². The number of anilines is 1. The molecule has 2 nitrogen and oxygen atoms in total. The molecular formula is C16H18FNO. The quantitative estimate of drug-likeness (QED) is 0.908. The van der Waals surface area contributed by atoms with Gasteiger partial charge in [0.2, 0.25) is 0 Å². The molecule has 0 saturated heterocycles. The third kappa shape index (κ3) is 2.76. The highest BCUT2D eigenvalue weighted by molar-refractivity contribution is 5.54. The van der Waals surface area contributed by atoms with Crippen LogP contribution in [0.1, 0.15) is 24.1 Å². The molecule has 0 heterocycles. The van der Waals surface area contributed by atoms with Crippen LogP contribution in [0.2, 0.25) is 0 Å². The van der Waals surface area contributed by atoms with Gasteiger partial charge in [0.1, 0.15) is 5.82 Å². The highest BCUT2D eigenvalue weighted by Crippen LogP contribution is 2.29. The van der Waals surface area contributed by atoms with Crippen LogP contribution in [-0.4, -0.2) is 12.2 Å². The molecule has 0 amide bonds. The molecule has 1 atom stereocenters. The average Bonchev–Trinajstić information content (AvgIpc) is 2.46. The normalized spacial score (nSPS) is 12.2. The Morgan fingerprint density at radius 3 is 2.42 bits per heavy atom. The molecule has 0 radical (unpaired) electrons. The molecule has 19 heavy (non-hydrogen) atoms. The van der Waals surface area contributed by atoms with Gasteiger partial charge in [-0.15, -0.1) is 0 Å². The zero-order chi connectivity index (χ0) is 13.8. The monoisotopic (exact) mass is 259 g/mol. The van der Waals surface area contributed by atoms with Crippen molar-refractivity contribution in [3.05, 3.63) is 65.5 Å². The van der Waals surface area contributed by atoms with Gasteiger partial charge < -0.3 is 10.0 Å². The summed E-state index contributed by atoms with van der Waals surface area (Å²) in [5, 5.41) is 9.37. The Morgan fingerprint density at radius 2 is 1.74 bits per heavy atom. The molecule has 0 fully saturated rings. The van der Waals surface area contributed by atoms with Crippen LogP contribution in [-0.2, 0) is 6.61 Å². The molecule has 0 aliphatic carbocycles. The molecule has 3 heteroatoms. The molecule has 2 aromatic carbocycles. The largest absolute Gasteiger partial charge is 0.392 e. The third-order valence-electron chi connectivity index (χ3n) is 3.48. The lowest BCUT2D eigenvalue weighted by Crippen LogP contribution is -2.23. The minimum atomic E-state index is -0.205. The Kier molecular flexibility index (Phi) is 4.17. The van der Waals surface area contributed by atoms with E-state index in [1.165, 1.54) is 6.07 Å². The lowest BCUT2D eigenvalue weighted by atomic mass is 10.0. The van der Waals surface area contributed by atoms with Gasteiger partial charge >= 0.3 is 0 Å². The van der Waals surface area contributed by atoms with Crippen molar-refractivity contribution in [3.8, 4) is 0 Å². The summed E-state index contributed by atoms with van der Waals surface area (Å²) >= 11 is 0. The third-order valence-corrected chi connectivity index (χ3v) is 3.48. The van der Waals surface area contributed by atoms with Crippen LogP contribution in [0.3, 0.4) is 0 Å². The van der Waals surface area contributed by atoms with Crippen LogP contribution < -0.4 is 4.90 Å². The van der Waals surface area contributed by atoms with Crippen molar-refractivity contribution >= 4 is 5.69 Å². The Morgan fingerprint density at radius 1 is 1.11 bits per heavy atom. The van der Waals surface area contributed by atoms with Gasteiger partial charge in [0, 0.05) is 23.9 Å². The Bertz CT molecular complexity index is 556. The minimum Gasteiger partial charge on any atom is -0.392 e. The smallest absolute Gasteiger partial charge is 0.128 e. The van der Waals surface area contributed by atoms with Crippen LogP contribution >= 0.6 is 0 Å². The zero-order valence-electron chi connectivity index (χ0n) is 11.2. The fraction of sp³-hybridized carbons (Fsp3) is 0.250. The van der Waals surface area contributed by atoms with E-state index in [0.29, 0.717) is 5.56 Å². The topological polar surface area (TPSA) is 23.5 Å². The van der Waals surface area contributed by atoms with Crippen LogP contribution in [0.4, 0.5) is 10.1 Å². The van der Waals surface area contributed by atoms with Crippen LogP contribution in [0.15, 0.2) is 48.5 Å². The first-order valence-electron chi connectivity index (χ1n) is 6.31. The molecule has 0 saturated carbocycles. The van der Waals surface area contributed by atoms with Crippen LogP contribution in [0.5, 0.6) is 0 Å². The van der Waals surface area contributed by atoms with Crippen molar-refractivity contribution in [3.63, 3.8) is 0 Å². The second kappa shape index (κ2) is 5.85. The van der Waals surface area contributed by atoms with Crippen molar-refractivity contribution < 1.29 is 9.50 Å². The predicted molar refractivity (Wildman–Crippen MR) is 75.6 cm³/mol. The van der Waals surface area contributed by atoms with Crippen LogP contribution in [0, 0.1) is 5.82 Å². The Labute approximate surface area is 113 Å². The van der Waals surface area contributed by atoms with Crippen molar-refractivity contribution in [2.45, 2.75) is 19.6 Å². The van der Waals surface area contributed by atoms with Gasteiger partial charge in [-0.3, -0.25) is 0 Å². The van der Waals surface area contributed by atoms with Crippen molar-refractivity contribution in [2.24, 2.45) is 0 Å². The highest BCUT2D eigenvalue weighted by atomic mass is 19.1. The molecule has 2 aromatic rings. The molecule has 0 aliphatic heterocycles. The fourth-order valence-corrected chi connectivity index (χ4v) is 2.22. The van der Waals surface area contributed by atoms with E-state index in [1.807, 2.05) is 49.2 Å². The summed E-state index contributed by atoms with van der Waals surface area (Å²) in [6, 6.07) is 14.3. The van der Waals surface area contributed by atoms with Crippen molar-refractivity contribution in [2.75, 3.05) is 11.9 Å². The summed E-state index contributed by atoms with van der Waals surface area (Å²) < 4.78 is 13.8. The summed E-state index contributed by atoms with van der Waals surface area (Å²) in [7, 11) is 1.91. The summed E-state index contributed by atoms with van der Waals surface area (Å²) in [6.07, 6.45) is 0. The molecule has 0 aromatic heterocycles. The second-order valence-electron chi connectivity index (χ2n) is 4.60. The maximum atomic E-state index is 13.8. The number of para-hydroxylation sites is 1. The molecular weight excluding hydrogens is 241 g/mol. The maximum Gasteiger partial charge on any atom is 0.128 e. The number of aliphatic hydroxyl groups excluding tert-OH is 1. The van der Waals surface area contributed by atoms with Gasteiger partial charge in [-0.2, -0.15) is 0 Å². The molecule has 0 bridgehead atoms. The van der Waals surface area contributed by atoms with E-state index >= 15 is 0 Å². The number of halogens is 1. The summed E-state index contributed by atoms with van der Waals surface area (Å²) in [6.45, 7) is 1.93. The number of hydrogen-bond donors (Lipinski definition) is 1. The Hall–Kier alpha value is -1.87. The van der Waals surface area contributed by atoms with Gasteiger partial charge in [0.05, 0.1) is 12.6 Å². The molecule has 1 unspecified atom stereocenters. The fourth-order valence-electron chi connectivity index (χ4n) is 2.22. The lowest BCUT2D eigenvalue weighted by Gasteiger charge is -2.29. The summed E-state index contributed by atoms with van der Waals surface area (Å²) in [4.78, 5) is 1.98. The molecule has 100 valence electrons. The lowest BCUT2D eigenvalue weighted by molar-refractivity contribution is 0.282. The first kappa shape index (κ1) is 13.6.